The minimum absolute atomic E-state index is 0.153. The fourth-order valence-corrected chi connectivity index (χ4v) is 6.42. The third kappa shape index (κ3) is 2.21. The van der Waals surface area contributed by atoms with Crippen LogP contribution in [0.15, 0.2) is 0 Å². The summed E-state index contributed by atoms with van der Waals surface area (Å²) in [5.74, 6) is 2.48. The Morgan fingerprint density at radius 3 is 2.10 bits per heavy atom. The zero-order valence-electron chi connectivity index (χ0n) is 11.7. The summed E-state index contributed by atoms with van der Waals surface area (Å²) in [5, 5.41) is 0. The lowest BCUT2D eigenvalue weighted by atomic mass is 9.52. The molecule has 0 radical (unpaired) electrons. The van der Waals surface area contributed by atoms with E-state index in [1.54, 1.807) is 0 Å². The van der Waals surface area contributed by atoms with Crippen molar-refractivity contribution in [1.29, 1.82) is 0 Å². The quantitative estimate of drug-likeness (QED) is 0.809. The highest BCUT2D eigenvalue weighted by Gasteiger charge is 2.55. The van der Waals surface area contributed by atoms with Crippen molar-refractivity contribution in [2.75, 3.05) is 6.54 Å². The summed E-state index contributed by atoms with van der Waals surface area (Å²) >= 11 is 0. The normalized spacial score (nSPS) is 48.0. The molecule has 1 atom stereocenters. The smallest absolute Gasteiger partial charge is 0.271 e. The zero-order chi connectivity index (χ0) is 14.0. The first-order chi connectivity index (χ1) is 9.44. The van der Waals surface area contributed by atoms with Crippen molar-refractivity contribution in [3.8, 4) is 0 Å². The average Bonchev–Trinajstić information content (AvgIpc) is 2.73. The monoisotopic (exact) mass is 301 g/mol. The molecule has 0 spiro atoms. The highest BCUT2D eigenvalue weighted by Crippen LogP contribution is 2.58. The van der Waals surface area contributed by atoms with Crippen molar-refractivity contribution in [1.82, 2.24) is 4.90 Å². The zero-order valence-corrected chi connectivity index (χ0v) is 12.5. The topological polar surface area (TPSA) is 66.8 Å². The molecule has 0 aromatic carbocycles. The largest absolute Gasteiger partial charge is 0.398 e. The predicted octanol–water partition coefficient (Wildman–Crippen LogP) is 2.20. The number of likely N-dealkylation sites (tertiary alicyclic amines) is 1. The van der Waals surface area contributed by atoms with Crippen LogP contribution in [0.5, 0.6) is 0 Å². The fraction of sp³-hybridized carbons (Fsp3) is 1.00. The minimum atomic E-state index is -4.35. The van der Waals surface area contributed by atoms with Gasteiger partial charge >= 0.3 is 10.4 Å². The van der Waals surface area contributed by atoms with Crippen LogP contribution in [-0.4, -0.2) is 36.2 Å². The van der Waals surface area contributed by atoms with Gasteiger partial charge in [0, 0.05) is 12.1 Å². The van der Waals surface area contributed by atoms with Crippen molar-refractivity contribution in [3.05, 3.63) is 0 Å². The van der Waals surface area contributed by atoms with Gasteiger partial charge < -0.3 is 0 Å². The molecule has 5 nitrogen and oxygen atoms in total. The van der Waals surface area contributed by atoms with E-state index >= 15 is 0 Å². The van der Waals surface area contributed by atoms with Crippen molar-refractivity contribution in [2.24, 2.45) is 17.8 Å². The first-order valence-corrected chi connectivity index (χ1v) is 9.22. The van der Waals surface area contributed by atoms with Crippen LogP contribution in [0.4, 0.5) is 0 Å². The molecule has 0 aromatic heterocycles. The van der Waals surface area contributed by atoms with Crippen LogP contribution in [0.3, 0.4) is 0 Å². The van der Waals surface area contributed by atoms with Gasteiger partial charge in [-0.05, 0) is 69.1 Å². The Kier molecular flexibility index (Phi) is 2.98. The summed E-state index contributed by atoms with van der Waals surface area (Å²) in [6, 6.07) is 0. The SMILES string of the molecule is O=S(=O)(O)OC1CCCN1C12CC3CC(CC(C3)C1)C2. The van der Waals surface area contributed by atoms with Crippen molar-refractivity contribution < 1.29 is 17.2 Å². The predicted molar refractivity (Wildman–Crippen MR) is 73.3 cm³/mol. The van der Waals surface area contributed by atoms with Gasteiger partial charge in [-0.1, -0.05) is 0 Å². The van der Waals surface area contributed by atoms with Gasteiger partial charge in [-0.25, -0.2) is 4.18 Å². The molecular weight excluding hydrogens is 278 g/mol. The minimum Gasteiger partial charge on any atom is -0.271 e. The Bertz CT molecular complexity index is 468. The number of rotatable bonds is 3. The average molecular weight is 301 g/mol. The Balaban J connectivity index is 1.59. The lowest BCUT2D eigenvalue weighted by Crippen LogP contribution is -2.61. The van der Waals surface area contributed by atoms with Crippen LogP contribution in [0.25, 0.3) is 0 Å². The molecule has 0 amide bonds. The summed E-state index contributed by atoms with van der Waals surface area (Å²) in [5.41, 5.74) is 0.153. The van der Waals surface area contributed by atoms with Gasteiger partial charge in [0.1, 0.15) is 6.23 Å². The summed E-state index contributed by atoms with van der Waals surface area (Å²) in [7, 11) is -4.35. The molecule has 1 aliphatic heterocycles. The maximum absolute atomic E-state index is 11.1. The highest BCUT2D eigenvalue weighted by atomic mass is 32.3. The second-order valence-electron chi connectivity index (χ2n) is 7.46. The summed E-state index contributed by atoms with van der Waals surface area (Å²) in [4.78, 5) is 2.28. The molecule has 4 saturated carbocycles. The van der Waals surface area contributed by atoms with E-state index in [1.807, 2.05) is 0 Å². The molecule has 4 aliphatic carbocycles. The summed E-state index contributed by atoms with van der Waals surface area (Å²) in [6.07, 6.45) is 8.94. The molecule has 1 N–H and O–H groups in total. The first kappa shape index (κ1) is 13.5. The van der Waals surface area contributed by atoms with E-state index in [0.29, 0.717) is 6.42 Å². The van der Waals surface area contributed by atoms with Crippen molar-refractivity contribution >= 4 is 10.4 Å². The molecule has 6 heteroatoms. The van der Waals surface area contributed by atoms with Crippen molar-refractivity contribution in [3.63, 3.8) is 0 Å². The lowest BCUT2D eigenvalue weighted by Gasteiger charge is -2.60. The molecule has 5 rings (SSSR count). The standard InChI is InChI=1S/C14H23NO4S/c16-20(17,18)19-13-2-1-3-15(13)14-7-10-4-11(8-14)6-12(5-10)9-14/h10-13H,1-9H2,(H,16,17,18). The third-order valence-corrected chi connectivity index (χ3v) is 6.51. The van der Waals surface area contributed by atoms with Crippen LogP contribution in [0.1, 0.15) is 51.4 Å². The summed E-state index contributed by atoms with van der Waals surface area (Å²) < 4.78 is 36.1. The maximum Gasteiger partial charge on any atom is 0.398 e. The van der Waals surface area contributed by atoms with E-state index in [9.17, 15) is 8.42 Å². The number of nitrogens with zero attached hydrogens (tertiary/aromatic N) is 1. The molecular formula is C14H23NO4S. The van der Waals surface area contributed by atoms with Gasteiger partial charge in [0.15, 0.2) is 0 Å². The molecule has 114 valence electrons. The van der Waals surface area contributed by atoms with E-state index in [0.717, 1.165) is 30.7 Å². The van der Waals surface area contributed by atoms with Gasteiger partial charge in [-0.15, -0.1) is 0 Å². The van der Waals surface area contributed by atoms with Gasteiger partial charge in [0.05, 0.1) is 0 Å². The lowest BCUT2D eigenvalue weighted by molar-refractivity contribution is -0.124. The highest BCUT2D eigenvalue weighted by molar-refractivity contribution is 7.80. The molecule has 4 bridgehead atoms. The molecule has 1 saturated heterocycles. The second-order valence-corrected chi connectivity index (χ2v) is 8.50. The molecule has 0 aromatic rings. The van der Waals surface area contributed by atoms with Crippen LogP contribution < -0.4 is 0 Å². The van der Waals surface area contributed by atoms with Crippen LogP contribution >= 0.6 is 0 Å². The second kappa shape index (κ2) is 4.41. The Morgan fingerprint density at radius 1 is 1.05 bits per heavy atom. The molecule has 5 aliphatic rings. The molecule has 5 fully saturated rings. The van der Waals surface area contributed by atoms with E-state index in [-0.39, 0.29) is 5.54 Å². The molecule has 1 unspecified atom stereocenters. The van der Waals surface area contributed by atoms with Gasteiger partial charge in [0.2, 0.25) is 0 Å². The van der Waals surface area contributed by atoms with Crippen LogP contribution in [-0.2, 0) is 14.6 Å². The van der Waals surface area contributed by atoms with E-state index in [4.69, 9.17) is 8.74 Å². The Labute approximate surface area is 120 Å². The number of hydrogen-bond acceptors (Lipinski definition) is 4. The van der Waals surface area contributed by atoms with Crippen LogP contribution in [0, 0.1) is 17.8 Å². The fourth-order valence-electron chi connectivity index (χ4n) is 5.94. The van der Waals surface area contributed by atoms with Crippen molar-refractivity contribution in [2.45, 2.75) is 63.1 Å². The van der Waals surface area contributed by atoms with Crippen LogP contribution in [0.2, 0.25) is 0 Å². The first-order valence-electron chi connectivity index (χ1n) is 7.86. The van der Waals surface area contributed by atoms with E-state index in [2.05, 4.69) is 4.90 Å². The van der Waals surface area contributed by atoms with E-state index in [1.165, 1.54) is 38.5 Å². The Morgan fingerprint density at radius 2 is 1.60 bits per heavy atom. The third-order valence-electron chi connectivity index (χ3n) is 6.05. The van der Waals surface area contributed by atoms with E-state index < -0.39 is 16.6 Å². The number of hydrogen-bond donors (Lipinski definition) is 1. The summed E-state index contributed by atoms with van der Waals surface area (Å²) in [6.45, 7) is 0.909. The molecule has 1 heterocycles. The maximum atomic E-state index is 11.1. The molecule has 20 heavy (non-hydrogen) atoms. The van der Waals surface area contributed by atoms with Gasteiger partial charge in [-0.2, -0.15) is 8.42 Å². The van der Waals surface area contributed by atoms with Gasteiger partial charge in [-0.3, -0.25) is 9.45 Å². The Hall–Kier alpha value is -0.170. The van der Waals surface area contributed by atoms with Gasteiger partial charge in [0.25, 0.3) is 0 Å².